The van der Waals surface area contributed by atoms with Crippen molar-refractivity contribution in [3.8, 4) is 0 Å². The molecule has 7 heteroatoms. The molecule has 174 valence electrons. The second kappa shape index (κ2) is 11.8. The molecule has 1 atom stereocenters. The van der Waals surface area contributed by atoms with E-state index in [9.17, 15) is 18.0 Å². The van der Waals surface area contributed by atoms with Crippen molar-refractivity contribution in [1.29, 1.82) is 0 Å². The maximum Gasteiger partial charge on any atom is 0.251 e. The number of carbonyl (C=O) groups excluding carboxylic acids is 2. The van der Waals surface area contributed by atoms with E-state index in [1.54, 1.807) is 48.5 Å². The summed E-state index contributed by atoms with van der Waals surface area (Å²) in [6, 6.07) is 13.5. The molecule has 1 N–H and O–H groups in total. The number of sulfonamides is 1. The molecule has 0 radical (unpaired) electrons. The molecule has 2 aromatic rings. The van der Waals surface area contributed by atoms with Crippen LogP contribution in [0.3, 0.4) is 0 Å². The van der Waals surface area contributed by atoms with Crippen LogP contribution in [0.15, 0.2) is 48.5 Å². The summed E-state index contributed by atoms with van der Waals surface area (Å²) >= 11 is 0. The number of amides is 1. The number of carbonyl (C=O) groups is 2. The van der Waals surface area contributed by atoms with Crippen LogP contribution in [0.1, 0.15) is 72.7 Å². The predicted molar refractivity (Wildman–Crippen MR) is 130 cm³/mol. The molecule has 0 bridgehead atoms. The molecule has 1 amide bonds. The van der Waals surface area contributed by atoms with E-state index in [2.05, 4.69) is 19.2 Å². The minimum Gasteiger partial charge on any atom is -0.352 e. The number of ketones is 1. The highest BCUT2D eigenvalue weighted by Crippen LogP contribution is 2.22. The lowest BCUT2D eigenvalue weighted by Gasteiger charge is -2.23. The molecular formula is C25H34N2O4S. The Hall–Kier alpha value is -2.67. The minimum absolute atomic E-state index is 0.108. The van der Waals surface area contributed by atoms with Gasteiger partial charge in [0.1, 0.15) is 0 Å². The highest BCUT2D eigenvalue weighted by molar-refractivity contribution is 7.92. The summed E-state index contributed by atoms with van der Waals surface area (Å²) in [5, 5.41) is 3.01. The molecule has 2 rings (SSSR count). The maximum atomic E-state index is 12.5. The molecule has 0 aliphatic rings. The second-order valence-corrected chi connectivity index (χ2v) is 10.1. The van der Waals surface area contributed by atoms with Gasteiger partial charge in [0, 0.05) is 17.7 Å². The number of Topliss-reactive ketones (excluding diaryl/α,β-unsaturated/α-hetero) is 1. The summed E-state index contributed by atoms with van der Waals surface area (Å²) in [6.07, 6.45) is 5.59. The van der Waals surface area contributed by atoms with Crippen LogP contribution < -0.4 is 9.62 Å². The van der Waals surface area contributed by atoms with Gasteiger partial charge in [-0.3, -0.25) is 13.9 Å². The minimum atomic E-state index is -3.57. The highest BCUT2D eigenvalue weighted by atomic mass is 32.2. The molecule has 0 aromatic heterocycles. The van der Waals surface area contributed by atoms with Crippen molar-refractivity contribution in [3.63, 3.8) is 0 Å². The lowest BCUT2D eigenvalue weighted by molar-refractivity contribution is 0.0945. The Morgan fingerprint density at radius 1 is 1.03 bits per heavy atom. The normalized spacial score (nSPS) is 12.2. The summed E-state index contributed by atoms with van der Waals surface area (Å²) < 4.78 is 26.1. The Labute approximate surface area is 192 Å². The topological polar surface area (TPSA) is 83.6 Å². The van der Waals surface area contributed by atoms with Gasteiger partial charge in [-0.1, -0.05) is 57.4 Å². The molecule has 2 aromatic carbocycles. The van der Waals surface area contributed by atoms with Crippen molar-refractivity contribution in [1.82, 2.24) is 5.32 Å². The lowest BCUT2D eigenvalue weighted by Crippen LogP contribution is -2.30. The molecule has 0 aliphatic carbocycles. The molecule has 6 nitrogen and oxygen atoms in total. The third kappa shape index (κ3) is 7.48. The average Bonchev–Trinajstić information content (AvgIpc) is 2.77. The fourth-order valence-electron chi connectivity index (χ4n) is 3.49. The third-order valence-electron chi connectivity index (χ3n) is 5.58. The molecule has 0 aliphatic heterocycles. The van der Waals surface area contributed by atoms with Crippen LogP contribution in [0.5, 0.6) is 0 Å². The van der Waals surface area contributed by atoms with Crippen LogP contribution in [-0.2, 0) is 16.6 Å². The van der Waals surface area contributed by atoms with Gasteiger partial charge in [0.15, 0.2) is 5.78 Å². The molecule has 0 spiro atoms. The Morgan fingerprint density at radius 3 is 2.28 bits per heavy atom. The average molecular weight is 459 g/mol. The van der Waals surface area contributed by atoms with E-state index in [1.165, 1.54) is 11.2 Å². The second-order valence-electron chi connectivity index (χ2n) is 8.20. The molecular weight excluding hydrogens is 424 g/mol. The standard InChI is InChI=1S/C25H34N2O4S/c1-5-7-9-20(6-2)17-26-25(29)22-14-12-21(13-15-22)18-27(32(4,30)31)24-11-8-10-23(16-24)19(3)28/h8,10-16,20H,5-7,9,17-18H2,1-4H3,(H,26,29). The molecule has 0 fully saturated rings. The van der Waals surface area contributed by atoms with E-state index in [4.69, 9.17) is 0 Å². The summed E-state index contributed by atoms with van der Waals surface area (Å²) in [5.41, 5.74) is 2.17. The zero-order valence-corrected chi connectivity index (χ0v) is 20.2. The summed E-state index contributed by atoms with van der Waals surface area (Å²) in [6.45, 7) is 6.52. The largest absolute Gasteiger partial charge is 0.352 e. The monoisotopic (exact) mass is 458 g/mol. The first-order valence-corrected chi connectivity index (χ1v) is 13.0. The number of rotatable bonds is 12. The SMILES string of the molecule is CCCCC(CC)CNC(=O)c1ccc(CN(c2cccc(C(C)=O)c2)S(C)(=O)=O)cc1. The smallest absolute Gasteiger partial charge is 0.251 e. The van der Waals surface area contributed by atoms with Crippen LogP contribution in [0.4, 0.5) is 5.69 Å². The van der Waals surface area contributed by atoms with E-state index >= 15 is 0 Å². The summed E-state index contributed by atoms with van der Waals surface area (Å²) in [7, 11) is -3.57. The number of hydrogen-bond acceptors (Lipinski definition) is 4. The van der Waals surface area contributed by atoms with Gasteiger partial charge in [-0.2, -0.15) is 0 Å². The number of nitrogens with zero attached hydrogens (tertiary/aromatic N) is 1. The Morgan fingerprint density at radius 2 is 1.72 bits per heavy atom. The van der Waals surface area contributed by atoms with E-state index in [-0.39, 0.29) is 18.2 Å². The maximum absolute atomic E-state index is 12.5. The first kappa shape index (κ1) is 25.6. The number of anilines is 1. The zero-order valence-electron chi connectivity index (χ0n) is 19.4. The van der Waals surface area contributed by atoms with Crippen LogP contribution in [-0.4, -0.2) is 32.9 Å². The van der Waals surface area contributed by atoms with Gasteiger partial charge in [0.2, 0.25) is 10.0 Å². The fraction of sp³-hybridized carbons (Fsp3) is 0.440. The fourth-order valence-corrected chi connectivity index (χ4v) is 4.37. The van der Waals surface area contributed by atoms with Gasteiger partial charge in [-0.25, -0.2) is 8.42 Å². The summed E-state index contributed by atoms with van der Waals surface area (Å²) in [4.78, 5) is 24.2. The van der Waals surface area contributed by atoms with Crippen LogP contribution in [0.2, 0.25) is 0 Å². The first-order valence-electron chi connectivity index (χ1n) is 11.1. The van der Waals surface area contributed by atoms with Gasteiger partial charge < -0.3 is 5.32 Å². The van der Waals surface area contributed by atoms with Gasteiger partial charge in [0.25, 0.3) is 5.91 Å². The van der Waals surface area contributed by atoms with Gasteiger partial charge in [0.05, 0.1) is 18.5 Å². The van der Waals surface area contributed by atoms with Crippen molar-refractivity contribution in [3.05, 3.63) is 65.2 Å². The van der Waals surface area contributed by atoms with E-state index in [0.717, 1.165) is 37.5 Å². The van der Waals surface area contributed by atoms with E-state index in [1.807, 2.05) is 0 Å². The van der Waals surface area contributed by atoms with Crippen molar-refractivity contribution < 1.29 is 18.0 Å². The van der Waals surface area contributed by atoms with Crippen LogP contribution in [0, 0.1) is 5.92 Å². The molecule has 0 heterocycles. The number of benzene rings is 2. The number of hydrogen-bond donors (Lipinski definition) is 1. The zero-order chi connectivity index (χ0) is 23.7. The quantitative estimate of drug-likeness (QED) is 0.463. The summed E-state index contributed by atoms with van der Waals surface area (Å²) in [5.74, 6) is 0.226. The van der Waals surface area contributed by atoms with Gasteiger partial charge in [-0.15, -0.1) is 0 Å². The molecule has 0 saturated heterocycles. The van der Waals surface area contributed by atoms with Crippen molar-refractivity contribution in [2.75, 3.05) is 17.1 Å². The number of unbranched alkanes of at least 4 members (excludes halogenated alkanes) is 1. The Balaban J connectivity index is 2.11. The van der Waals surface area contributed by atoms with E-state index < -0.39 is 10.0 Å². The van der Waals surface area contributed by atoms with Gasteiger partial charge in [-0.05, 0) is 49.1 Å². The Bertz CT molecular complexity index is 1020. The predicted octanol–water partition coefficient (Wildman–Crippen LogP) is 4.80. The van der Waals surface area contributed by atoms with Crippen LogP contribution in [0.25, 0.3) is 0 Å². The first-order chi connectivity index (χ1) is 15.2. The van der Waals surface area contributed by atoms with Crippen LogP contribution >= 0.6 is 0 Å². The third-order valence-corrected chi connectivity index (χ3v) is 6.72. The molecule has 1 unspecified atom stereocenters. The van der Waals surface area contributed by atoms with Crippen molar-refractivity contribution >= 4 is 27.4 Å². The van der Waals surface area contributed by atoms with E-state index in [0.29, 0.717) is 29.3 Å². The lowest BCUT2D eigenvalue weighted by atomic mass is 9.99. The Kier molecular flexibility index (Phi) is 9.44. The highest BCUT2D eigenvalue weighted by Gasteiger charge is 2.19. The van der Waals surface area contributed by atoms with Crippen molar-refractivity contribution in [2.45, 2.75) is 53.0 Å². The van der Waals surface area contributed by atoms with Gasteiger partial charge >= 0.3 is 0 Å². The number of nitrogens with one attached hydrogen (secondary N) is 1. The van der Waals surface area contributed by atoms with Crippen molar-refractivity contribution in [2.24, 2.45) is 5.92 Å². The molecule has 32 heavy (non-hydrogen) atoms. The molecule has 0 saturated carbocycles.